The Morgan fingerprint density at radius 1 is 1.14 bits per heavy atom. The van der Waals surface area contributed by atoms with Crippen LogP contribution >= 0.6 is 27.5 Å². The van der Waals surface area contributed by atoms with E-state index < -0.39 is 12.0 Å². The fraction of sp³-hybridized carbons (Fsp3) is 0.0909. The standard InChI is InChI=1S/C11H8BrClF3N5/c12-5-1-2-6(13)7(3-5)18-8-4-9(21-17)20-10(19-8)11(14,15)16/h1-4H,17H2,(H2,18,19,20,21). The molecule has 0 radical (unpaired) electrons. The van der Waals surface area contributed by atoms with Crippen LogP contribution < -0.4 is 16.6 Å². The molecular weight excluding hydrogens is 375 g/mol. The monoisotopic (exact) mass is 381 g/mol. The van der Waals surface area contributed by atoms with E-state index >= 15 is 0 Å². The minimum Gasteiger partial charge on any atom is -0.339 e. The van der Waals surface area contributed by atoms with Crippen molar-refractivity contribution in [1.29, 1.82) is 0 Å². The zero-order valence-corrected chi connectivity index (χ0v) is 12.5. The highest BCUT2D eigenvalue weighted by molar-refractivity contribution is 9.10. The van der Waals surface area contributed by atoms with Crippen LogP contribution in [0.5, 0.6) is 0 Å². The quantitative estimate of drug-likeness (QED) is 0.554. The Kier molecular flexibility index (Phi) is 4.55. The first-order valence-electron chi connectivity index (χ1n) is 5.44. The molecule has 1 heterocycles. The molecule has 112 valence electrons. The Hall–Kier alpha value is -1.58. The summed E-state index contributed by atoms with van der Waals surface area (Å²) in [6.45, 7) is 0. The van der Waals surface area contributed by atoms with Crippen molar-refractivity contribution in [3.63, 3.8) is 0 Å². The molecule has 0 saturated heterocycles. The highest BCUT2D eigenvalue weighted by Crippen LogP contribution is 2.31. The van der Waals surface area contributed by atoms with Crippen molar-refractivity contribution in [2.24, 2.45) is 5.84 Å². The molecular formula is C11H8BrClF3N5. The Bertz CT molecular complexity index is 665. The number of hydrogen-bond acceptors (Lipinski definition) is 5. The highest BCUT2D eigenvalue weighted by Gasteiger charge is 2.35. The number of alkyl halides is 3. The molecule has 0 fully saturated rings. The second kappa shape index (κ2) is 6.04. The second-order valence-corrected chi connectivity index (χ2v) is 5.18. The van der Waals surface area contributed by atoms with E-state index in [1.807, 2.05) is 0 Å². The van der Waals surface area contributed by atoms with Crippen LogP contribution in [0.2, 0.25) is 5.02 Å². The molecule has 1 aromatic carbocycles. The lowest BCUT2D eigenvalue weighted by Gasteiger charge is -2.12. The van der Waals surface area contributed by atoms with Gasteiger partial charge in [-0.1, -0.05) is 27.5 Å². The first-order chi connectivity index (χ1) is 9.79. The number of anilines is 3. The average Bonchev–Trinajstić information content (AvgIpc) is 2.41. The fourth-order valence-corrected chi connectivity index (χ4v) is 1.97. The summed E-state index contributed by atoms with van der Waals surface area (Å²) in [7, 11) is 0. The van der Waals surface area contributed by atoms with Gasteiger partial charge in [-0.15, -0.1) is 0 Å². The number of nitrogens with zero attached hydrogens (tertiary/aromatic N) is 2. The fourth-order valence-electron chi connectivity index (χ4n) is 1.44. The van der Waals surface area contributed by atoms with Gasteiger partial charge in [-0.05, 0) is 18.2 Å². The molecule has 0 aliphatic heterocycles. The predicted molar refractivity (Wildman–Crippen MR) is 77.3 cm³/mol. The number of hydrogen-bond donors (Lipinski definition) is 3. The molecule has 0 spiro atoms. The van der Waals surface area contributed by atoms with Crippen LogP contribution in [0.4, 0.5) is 30.5 Å². The first-order valence-corrected chi connectivity index (χ1v) is 6.61. The van der Waals surface area contributed by atoms with Crippen molar-refractivity contribution in [3.8, 4) is 0 Å². The van der Waals surface area contributed by atoms with E-state index in [1.165, 1.54) is 6.07 Å². The number of nitrogen functional groups attached to an aromatic ring is 1. The van der Waals surface area contributed by atoms with E-state index in [-0.39, 0.29) is 11.6 Å². The van der Waals surface area contributed by atoms with Gasteiger partial charge in [-0.25, -0.2) is 15.8 Å². The topological polar surface area (TPSA) is 75.9 Å². The van der Waals surface area contributed by atoms with Gasteiger partial charge in [0.25, 0.3) is 0 Å². The Morgan fingerprint density at radius 2 is 1.81 bits per heavy atom. The third-order valence-corrected chi connectivity index (χ3v) is 3.14. The molecule has 0 unspecified atom stereocenters. The van der Waals surface area contributed by atoms with E-state index in [2.05, 4.69) is 36.6 Å². The number of nitrogens with one attached hydrogen (secondary N) is 2. The summed E-state index contributed by atoms with van der Waals surface area (Å²) in [5.41, 5.74) is 2.45. The average molecular weight is 383 g/mol. The predicted octanol–water partition coefficient (Wildman–Crippen LogP) is 3.94. The van der Waals surface area contributed by atoms with Crippen LogP contribution in [0.15, 0.2) is 28.7 Å². The number of nitrogens with two attached hydrogens (primary N) is 1. The molecule has 0 atom stereocenters. The van der Waals surface area contributed by atoms with Crippen molar-refractivity contribution in [3.05, 3.63) is 39.6 Å². The summed E-state index contributed by atoms with van der Waals surface area (Å²) < 4.78 is 38.8. The number of aromatic nitrogens is 2. The van der Waals surface area contributed by atoms with Crippen LogP contribution in [0.3, 0.4) is 0 Å². The van der Waals surface area contributed by atoms with Gasteiger partial charge in [-0.2, -0.15) is 13.2 Å². The van der Waals surface area contributed by atoms with Crippen LogP contribution in [-0.4, -0.2) is 9.97 Å². The van der Waals surface area contributed by atoms with E-state index in [1.54, 1.807) is 18.2 Å². The SMILES string of the molecule is NNc1cc(Nc2cc(Br)ccc2Cl)nc(C(F)(F)F)n1. The van der Waals surface area contributed by atoms with Gasteiger partial charge in [0.15, 0.2) is 0 Å². The van der Waals surface area contributed by atoms with E-state index in [0.29, 0.717) is 15.2 Å². The van der Waals surface area contributed by atoms with Gasteiger partial charge in [0, 0.05) is 10.5 Å². The minimum absolute atomic E-state index is 0.0923. The van der Waals surface area contributed by atoms with Gasteiger partial charge < -0.3 is 10.7 Å². The molecule has 0 aliphatic rings. The van der Waals surface area contributed by atoms with Crippen molar-refractivity contribution < 1.29 is 13.2 Å². The summed E-state index contributed by atoms with van der Waals surface area (Å²) >= 11 is 9.20. The Balaban J connectivity index is 2.42. The van der Waals surface area contributed by atoms with Crippen molar-refractivity contribution in [2.45, 2.75) is 6.18 Å². The number of hydrazine groups is 1. The molecule has 0 bridgehead atoms. The summed E-state index contributed by atoms with van der Waals surface area (Å²) in [5, 5.41) is 3.02. The van der Waals surface area contributed by atoms with Crippen molar-refractivity contribution in [1.82, 2.24) is 9.97 Å². The van der Waals surface area contributed by atoms with Crippen LogP contribution in [0.25, 0.3) is 0 Å². The van der Waals surface area contributed by atoms with Gasteiger partial charge in [0.05, 0.1) is 10.7 Å². The smallest absolute Gasteiger partial charge is 0.339 e. The maximum absolute atomic E-state index is 12.7. The normalized spacial score (nSPS) is 11.3. The lowest BCUT2D eigenvalue weighted by molar-refractivity contribution is -0.144. The molecule has 5 nitrogen and oxygen atoms in total. The molecule has 0 saturated carbocycles. The summed E-state index contributed by atoms with van der Waals surface area (Å²) in [4.78, 5) is 6.65. The highest BCUT2D eigenvalue weighted by atomic mass is 79.9. The molecule has 2 rings (SSSR count). The summed E-state index contributed by atoms with van der Waals surface area (Å²) in [6, 6.07) is 6.11. The molecule has 21 heavy (non-hydrogen) atoms. The summed E-state index contributed by atoms with van der Waals surface area (Å²) in [6.07, 6.45) is -4.69. The van der Waals surface area contributed by atoms with E-state index in [0.717, 1.165) is 0 Å². The van der Waals surface area contributed by atoms with Gasteiger partial charge in [0.2, 0.25) is 5.82 Å². The van der Waals surface area contributed by atoms with Crippen molar-refractivity contribution in [2.75, 3.05) is 10.7 Å². The number of benzene rings is 1. The van der Waals surface area contributed by atoms with Gasteiger partial charge in [0.1, 0.15) is 11.6 Å². The van der Waals surface area contributed by atoms with Crippen LogP contribution in [0.1, 0.15) is 5.82 Å². The Morgan fingerprint density at radius 3 is 2.43 bits per heavy atom. The first kappa shape index (κ1) is 15.8. The maximum Gasteiger partial charge on any atom is 0.451 e. The zero-order chi connectivity index (χ0) is 15.6. The van der Waals surface area contributed by atoms with Gasteiger partial charge >= 0.3 is 6.18 Å². The lowest BCUT2D eigenvalue weighted by Crippen LogP contribution is -2.16. The zero-order valence-electron chi connectivity index (χ0n) is 10.2. The third-order valence-electron chi connectivity index (χ3n) is 2.32. The van der Waals surface area contributed by atoms with Gasteiger partial charge in [-0.3, -0.25) is 0 Å². The number of rotatable bonds is 3. The van der Waals surface area contributed by atoms with Crippen LogP contribution in [-0.2, 0) is 6.18 Å². The minimum atomic E-state index is -4.69. The second-order valence-electron chi connectivity index (χ2n) is 3.85. The molecule has 0 amide bonds. The molecule has 2 aromatic rings. The largest absolute Gasteiger partial charge is 0.451 e. The third kappa shape index (κ3) is 3.96. The molecule has 1 aromatic heterocycles. The van der Waals surface area contributed by atoms with Crippen LogP contribution in [0, 0.1) is 0 Å². The lowest BCUT2D eigenvalue weighted by atomic mass is 10.3. The Labute approximate surface area is 130 Å². The van der Waals surface area contributed by atoms with Crippen molar-refractivity contribution >= 4 is 44.9 Å². The molecule has 0 aliphatic carbocycles. The van der Waals surface area contributed by atoms with E-state index in [4.69, 9.17) is 17.4 Å². The number of halogens is 5. The molecule has 10 heteroatoms. The summed E-state index contributed by atoms with van der Waals surface area (Å²) in [5.74, 6) is 3.53. The van der Waals surface area contributed by atoms with E-state index in [9.17, 15) is 13.2 Å². The maximum atomic E-state index is 12.7. The molecule has 4 N–H and O–H groups in total.